The number of methoxy groups -OCH3 is 1. The number of Topliss-reactive ketones (excluding diaryl/α,β-unsaturated/α-hetero) is 2. The molecule has 1 aliphatic rings. The van der Waals surface area contributed by atoms with Gasteiger partial charge in [0, 0.05) is 50.6 Å². The number of piperazine rings is 1. The molecule has 6 rings (SSSR count). The lowest BCUT2D eigenvalue weighted by Crippen LogP contribution is -2.52. The number of rotatable bonds is 22. The number of hydrogen-bond acceptors (Lipinski definition) is 14. The average molecular weight is 787 g/mol. The van der Waals surface area contributed by atoms with Gasteiger partial charge in [-0.15, -0.1) is 10.2 Å². The van der Waals surface area contributed by atoms with Crippen LogP contribution in [0.4, 0.5) is 0 Å². The highest BCUT2D eigenvalue weighted by atomic mass is 16.6. The average Bonchev–Trinajstić information content (AvgIpc) is 4.02. The lowest BCUT2D eigenvalue weighted by Gasteiger charge is -2.34. The zero-order valence-corrected chi connectivity index (χ0v) is 32.0. The molecule has 4 aromatic heterocycles. The van der Waals surface area contributed by atoms with Gasteiger partial charge >= 0.3 is 0 Å². The summed E-state index contributed by atoms with van der Waals surface area (Å²) < 4.78 is 31.1. The summed E-state index contributed by atoms with van der Waals surface area (Å²) in [5.74, 6) is -0.290. The molecule has 302 valence electrons. The molecule has 57 heavy (non-hydrogen) atoms. The number of aromatic nitrogens is 8. The summed E-state index contributed by atoms with van der Waals surface area (Å²) in [5, 5.41) is 13.0. The van der Waals surface area contributed by atoms with Gasteiger partial charge in [0.05, 0.1) is 88.3 Å². The number of fused-ring (bicyclic) bond motifs is 1. The topological polar surface area (TPSA) is 211 Å². The summed E-state index contributed by atoms with van der Waals surface area (Å²) in [6, 6.07) is 8.96. The molecule has 0 unspecified atom stereocenters. The van der Waals surface area contributed by atoms with Crippen molar-refractivity contribution in [2.45, 2.75) is 32.9 Å². The molecular weight excluding hydrogens is 740 g/mol. The number of ketones is 2. The second-order valence-corrected chi connectivity index (χ2v) is 13.1. The fourth-order valence-electron chi connectivity index (χ4n) is 6.06. The second-order valence-electron chi connectivity index (χ2n) is 13.1. The van der Waals surface area contributed by atoms with E-state index in [0.29, 0.717) is 113 Å². The van der Waals surface area contributed by atoms with Crippen molar-refractivity contribution in [3.05, 3.63) is 77.9 Å². The third kappa shape index (κ3) is 10.9. The van der Waals surface area contributed by atoms with E-state index in [-0.39, 0.29) is 37.0 Å². The highest BCUT2D eigenvalue weighted by Gasteiger charge is 2.31. The van der Waals surface area contributed by atoms with Crippen molar-refractivity contribution < 1.29 is 42.9 Å². The maximum Gasteiger partial charge on any atom is 0.295 e. The van der Waals surface area contributed by atoms with Crippen LogP contribution in [0.2, 0.25) is 0 Å². The van der Waals surface area contributed by atoms with Crippen LogP contribution in [0, 0.1) is 0 Å². The number of hydrogen-bond donors (Lipinski definition) is 1. The predicted octanol–water partition coefficient (Wildman–Crippen LogP) is 1.70. The Labute approximate surface area is 328 Å². The van der Waals surface area contributed by atoms with E-state index >= 15 is 0 Å². The number of amides is 2. The molecule has 5 heterocycles. The number of aryl methyl sites for hydroxylation is 1. The first-order valence-electron chi connectivity index (χ1n) is 18.6. The fraction of sp³-hybridized carbons (Fsp3) is 0.447. The smallest absolute Gasteiger partial charge is 0.295 e. The van der Waals surface area contributed by atoms with Crippen LogP contribution in [0.25, 0.3) is 16.7 Å². The molecule has 0 saturated carbocycles. The maximum absolute atomic E-state index is 13.6. The summed E-state index contributed by atoms with van der Waals surface area (Å²) in [4.78, 5) is 66.0. The van der Waals surface area contributed by atoms with Gasteiger partial charge in [-0.3, -0.25) is 14.4 Å². The molecule has 0 aliphatic carbocycles. The van der Waals surface area contributed by atoms with E-state index in [1.54, 1.807) is 40.8 Å². The van der Waals surface area contributed by atoms with Crippen molar-refractivity contribution in [1.29, 1.82) is 0 Å². The third-order valence-corrected chi connectivity index (χ3v) is 9.08. The van der Waals surface area contributed by atoms with Gasteiger partial charge < -0.3 is 43.3 Å². The Bertz CT molecular complexity index is 2110. The van der Waals surface area contributed by atoms with Crippen molar-refractivity contribution in [3.63, 3.8) is 0 Å². The standard InChI is InChI=1S/C38H46N10O9/c1-27(49)8-9-29-24-47(44-42-29)14-15-54-16-17-55-18-19-56-20-21-57-25-32-41-26-48(43-32)36-34-33(31(53-2)23-40-36)30(22-39-34)35(50)38(52)46-12-10-45(11-13-46)37(51)28-6-4-3-5-7-28/h3-7,22-24,26,39H,8-21,25H2,1-2H3. The van der Waals surface area contributed by atoms with Crippen LogP contribution in [0.15, 0.2) is 55.2 Å². The van der Waals surface area contributed by atoms with Crippen LogP contribution in [0.1, 0.15) is 45.6 Å². The van der Waals surface area contributed by atoms with Crippen LogP contribution >= 0.6 is 0 Å². The highest BCUT2D eigenvalue weighted by Crippen LogP contribution is 2.32. The van der Waals surface area contributed by atoms with Crippen LogP contribution in [-0.2, 0) is 48.1 Å². The Morgan fingerprint density at radius 2 is 1.53 bits per heavy atom. The van der Waals surface area contributed by atoms with Gasteiger partial charge in [0.2, 0.25) is 0 Å². The summed E-state index contributed by atoms with van der Waals surface area (Å²) in [7, 11) is 1.46. The van der Waals surface area contributed by atoms with Crippen molar-refractivity contribution >= 4 is 34.3 Å². The molecule has 0 spiro atoms. The molecule has 1 fully saturated rings. The molecule has 19 nitrogen and oxygen atoms in total. The van der Waals surface area contributed by atoms with E-state index in [2.05, 4.69) is 30.4 Å². The lowest BCUT2D eigenvalue weighted by molar-refractivity contribution is -0.127. The quantitative estimate of drug-likeness (QED) is 0.0602. The Kier molecular flexibility index (Phi) is 14.5. The first kappa shape index (κ1) is 40.8. The zero-order chi connectivity index (χ0) is 40.0. The van der Waals surface area contributed by atoms with E-state index in [1.165, 1.54) is 35.4 Å². The van der Waals surface area contributed by atoms with E-state index < -0.39 is 11.7 Å². The largest absolute Gasteiger partial charge is 0.494 e. The molecule has 2 amide bonds. The van der Waals surface area contributed by atoms with Gasteiger partial charge in [0.1, 0.15) is 24.5 Å². The molecule has 19 heteroatoms. The Balaban J connectivity index is 0.893. The van der Waals surface area contributed by atoms with Crippen LogP contribution in [-0.4, -0.2) is 152 Å². The lowest BCUT2D eigenvalue weighted by atomic mass is 10.1. The zero-order valence-electron chi connectivity index (χ0n) is 32.0. The molecule has 0 atom stereocenters. The minimum Gasteiger partial charge on any atom is -0.494 e. The third-order valence-electron chi connectivity index (χ3n) is 9.08. The Hall–Kier alpha value is -5.89. The van der Waals surface area contributed by atoms with E-state index in [1.807, 2.05) is 12.3 Å². The molecule has 5 aromatic rings. The van der Waals surface area contributed by atoms with Crippen LogP contribution in [0.5, 0.6) is 5.75 Å². The van der Waals surface area contributed by atoms with Gasteiger partial charge in [0.25, 0.3) is 17.6 Å². The number of benzene rings is 1. The van der Waals surface area contributed by atoms with Crippen molar-refractivity contribution in [2.75, 3.05) is 79.5 Å². The number of pyridine rings is 1. The first-order valence-corrected chi connectivity index (χ1v) is 18.6. The molecular formula is C38H46N10O9. The minimum atomic E-state index is -0.705. The Morgan fingerprint density at radius 3 is 2.23 bits per heavy atom. The molecule has 1 saturated heterocycles. The maximum atomic E-state index is 13.6. The number of H-pyrrole nitrogens is 1. The minimum absolute atomic E-state index is 0.111. The molecule has 1 N–H and O–H groups in total. The summed E-state index contributed by atoms with van der Waals surface area (Å²) in [5.41, 5.74) is 1.94. The number of nitrogens with one attached hydrogen (secondary N) is 1. The van der Waals surface area contributed by atoms with E-state index in [4.69, 9.17) is 23.7 Å². The molecule has 0 radical (unpaired) electrons. The molecule has 1 aliphatic heterocycles. The summed E-state index contributed by atoms with van der Waals surface area (Å²) in [6.45, 7) is 6.17. The molecule has 1 aromatic carbocycles. The second kappa shape index (κ2) is 20.3. The normalized spacial score (nSPS) is 13.0. The first-order chi connectivity index (χ1) is 27.8. The van der Waals surface area contributed by atoms with Gasteiger partial charge in [-0.05, 0) is 25.5 Å². The number of nitrogens with zero attached hydrogens (tertiary/aromatic N) is 9. The highest BCUT2D eigenvalue weighted by molar-refractivity contribution is 6.45. The predicted molar refractivity (Wildman–Crippen MR) is 202 cm³/mol. The number of carbonyl (C=O) groups excluding carboxylic acids is 4. The van der Waals surface area contributed by atoms with Gasteiger partial charge in [-0.25, -0.2) is 19.3 Å². The van der Waals surface area contributed by atoms with Crippen molar-refractivity contribution in [3.8, 4) is 11.6 Å². The summed E-state index contributed by atoms with van der Waals surface area (Å²) >= 11 is 0. The van der Waals surface area contributed by atoms with E-state index in [0.717, 1.165) is 5.69 Å². The van der Waals surface area contributed by atoms with Crippen molar-refractivity contribution in [2.24, 2.45) is 0 Å². The SMILES string of the molecule is COc1cnc(-n2cnc(COCCOCCOCCOCCn3cc(CCC(C)=O)nn3)n2)c2[nH]cc(C(=O)C(=O)N3CCN(C(=O)c4ccccc4)CC3)c12. The van der Waals surface area contributed by atoms with Crippen molar-refractivity contribution in [1.82, 2.24) is 49.5 Å². The molecule has 0 bridgehead atoms. The Morgan fingerprint density at radius 1 is 0.842 bits per heavy atom. The van der Waals surface area contributed by atoms with Gasteiger partial charge in [-0.2, -0.15) is 0 Å². The van der Waals surface area contributed by atoms with Crippen LogP contribution in [0.3, 0.4) is 0 Å². The van der Waals surface area contributed by atoms with E-state index in [9.17, 15) is 19.2 Å². The monoisotopic (exact) mass is 786 g/mol. The number of aromatic amines is 1. The van der Waals surface area contributed by atoms with Gasteiger partial charge in [0.15, 0.2) is 11.6 Å². The summed E-state index contributed by atoms with van der Waals surface area (Å²) in [6.07, 6.45) is 7.28. The van der Waals surface area contributed by atoms with Crippen LogP contribution < -0.4 is 4.74 Å². The number of ether oxygens (including phenoxy) is 5. The fourth-order valence-corrected chi connectivity index (χ4v) is 6.06. The number of carbonyl (C=O) groups is 4. The van der Waals surface area contributed by atoms with Gasteiger partial charge in [-0.1, -0.05) is 23.4 Å².